The van der Waals surface area contributed by atoms with E-state index in [0.717, 1.165) is 24.3 Å². The van der Waals surface area contributed by atoms with Crippen molar-refractivity contribution in [1.82, 2.24) is 5.32 Å². The molecular weight excluding hydrogens is 178 g/mol. The van der Waals surface area contributed by atoms with Crippen molar-refractivity contribution in [3.05, 3.63) is 29.8 Å². The summed E-state index contributed by atoms with van der Waals surface area (Å²) in [6.45, 7) is 1.01. The molecule has 1 heterocycles. The van der Waals surface area contributed by atoms with Gasteiger partial charge in [0.15, 0.2) is 0 Å². The number of ether oxygens (including phenoxy) is 1. The lowest BCUT2D eigenvalue weighted by molar-refractivity contribution is 0.0956. The van der Waals surface area contributed by atoms with E-state index in [4.69, 9.17) is 4.74 Å². The Balaban J connectivity index is 2.07. The average molecular weight is 193 g/mol. The fourth-order valence-electron chi connectivity index (χ4n) is 1.61. The van der Waals surface area contributed by atoms with Crippen molar-refractivity contribution in [3.63, 3.8) is 0 Å². The van der Waals surface area contributed by atoms with E-state index in [1.54, 1.807) is 7.11 Å². The third-order valence-corrected chi connectivity index (χ3v) is 2.70. The molecule has 2 atom stereocenters. The summed E-state index contributed by atoms with van der Waals surface area (Å²) in [5.41, 5.74) is 0.947. The molecule has 14 heavy (non-hydrogen) atoms. The number of hydrogen-bond donors (Lipinski definition) is 2. The van der Waals surface area contributed by atoms with Gasteiger partial charge in [-0.3, -0.25) is 0 Å². The zero-order valence-corrected chi connectivity index (χ0v) is 8.23. The van der Waals surface area contributed by atoms with Crippen LogP contribution in [0.15, 0.2) is 24.3 Å². The molecule has 1 aromatic carbocycles. The van der Waals surface area contributed by atoms with Gasteiger partial charge in [-0.05, 0) is 30.7 Å². The van der Waals surface area contributed by atoms with Crippen molar-refractivity contribution >= 4 is 0 Å². The van der Waals surface area contributed by atoms with Gasteiger partial charge in [0.05, 0.1) is 13.2 Å². The van der Waals surface area contributed by atoms with Crippen molar-refractivity contribution in [2.24, 2.45) is 0 Å². The Morgan fingerprint density at radius 2 is 2.07 bits per heavy atom. The number of benzene rings is 1. The van der Waals surface area contributed by atoms with Gasteiger partial charge >= 0.3 is 0 Å². The fraction of sp³-hybridized carbons (Fsp3) is 0.455. The van der Waals surface area contributed by atoms with Crippen LogP contribution in [0.3, 0.4) is 0 Å². The maximum Gasteiger partial charge on any atom is 0.118 e. The van der Waals surface area contributed by atoms with E-state index in [1.165, 1.54) is 0 Å². The van der Waals surface area contributed by atoms with Gasteiger partial charge in [-0.2, -0.15) is 0 Å². The van der Waals surface area contributed by atoms with E-state index in [1.807, 2.05) is 24.3 Å². The molecule has 0 bridgehead atoms. The molecular formula is C11H15NO2. The Bertz CT molecular complexity index is 293. The summed E-state index contributed by atoms with van der Waals surface area (Å²) >= 11 is 0. The lowest BCUT2D eigenvalue weighted by atomic mass is 9.95. The summed E-state index contributed by atoms with van der Waals surface area (Å²) in [4.78, 5) is 0. The van der Waals surface area contributed by atoms with Crippen molar-refractivity contribution in [2.45, 2.75) is 18.6 Å². The van der Waals surface area contributed by atoms with Crippen LogP contribution >= 0.6 is 0 Å². The van der Waals surface area contributed by atoms with Gasteiger partial charge in [-0.25, -0.2) is 0 Å². The number of aliphatic hydroxyl groups excluding tert-OH is 1. The summed E-state index contributed by atoms with van der Waals surface area (Å²) in [6.07, 6.45) is 0.655. The Morgan fingerprint density at radius 1 is 1.43 bits per heavy atom. The van der Waals surface area contributed by atoms with E-state index >= 15 is 0 Å². The van der Waals surface area contributed by atoms with Crippen LogP contribution in [0, 0.1) is 0 Å². The largest absolute Gasteiger partial charge is 0.497 e. The first kappa shape index (κ1) is 9.49. The molecule has 1 fully saturated rings. The molecule has 0 aliphatic carbocycles. The predicted octanol–water partition coefficient (Wildman–Crippen LogP) is 1.09. The molecule has 2 N–H and O–H groups in total. The van der Waals surface area contributed by atoms with Crippen molar-refractivity contribution in [1.29, 1.82) is 0 Å². The lowest BCUT2D eigenvalue weighted by Gasteiger charge is -2.32. The molecule has 0 spiro atoms. The molecule has 1 saturated heterocycles. The SMILES string of the molecule is COc1ccc(C(O)C2CCN2)cc1. The highest BCUT2D eigenvalue weighted by atomic mass is 16.5. The van der Waals surface area contributed by atoms with Gasteiger partial charge in [0.25, 0.3) is 0 Å². The van der Waals surface area contributed by atoms with Gasteiger partial charge in [-0.1, -0.05) is 12.1 Å². The molecule has 1 aliphatic rings. The van der Waals surface area contributed by atoms with Crippen LogP contribution in [-0.4, -0.2) is 24.8 Å². The fourth-order valence-corrected chi connectivity index (χ4v) is 1.61. The van der Waals surface area contributed by atoms with Gasteiger partial charge in [-0.15, -0.1) is 0 Å². The van der Waals surface area contributed by atoms with Crippen molar-refractivity contribution < 1.29 is 9.84 Å². The van der Waals surface area contributed by atoms with Crippen molar-refractivity contribution in [3.8, 4) is 5.75 Å². The molecule has 2 rings (SSSR count). The van der Waals surface area contributed by atoms with Gasteiger partial charge in [0.2, 0.25) is 0 Å². The van der Waals surface area contributed by atoms with Crippen LogP contribution in [0.2, 0.25) is 0 Å². The summed E-state index contributed by atoms with van der Waals surface area (Å²) in [7, 11) is 1.64. The molecule has 76 valence electrons. The third kappa shape index (κ3) is 1.74. The second-order valence-corrected chi connectivity index (χ2v) is 3.57. The first-order chi connectivity index (χ1) is 6.81. The predicted molar refractivity (Wildman–Crippen MR) is 54.4 cm³/mol. The van der Waals surface area contributed by atoms with Crippen LogP contribution < -0.4 is 10.1 Å². The molecule has 0 amide bonds. The van der Waals surface area contributed by atoms with Gasteiger partial charge < -0.3 is 15.2 Å². The highest BCUT2D eigenvalue weighted by molar-refractivity contribution is 5.29. The van der Waals surface area contributed by atoms with Crippen LogP contribution in [0.5, 0.6) is 5.75 Å². The minimum atomic E-state index is -0.394. The zero-order chi connectivity index (χ0) is 9.97. The smallest absolute Gasteiger partial charge is 0.118 e. The number of aliphatic hydroxyl groups is 1. The number of nitrogens with one attached hydrogen (secondary N) is 1. The maximum absolute atomic E-state index is 9.90. The van der Waals surface area contributed by atoms with Crippen LogP contribution in [0.4, 0.5) is 0 Å². The van der Waals surface area contributed by atoms with E-state index in [9.17, 15) is 5.11 Å². The minimum Gasteiger partial charge on any atom is -0.497 e. The van der Waals surface area contributed by atoms with Crippen LogP contribution in [0.1, 0.15) is 18.1 Å². The summed E-state index contributed by atoms with van der Waals surface area (Å²) < 4.78 is 5.05. The molecule has 1 aromatic rings. The van der Waals surface area contributed by atoms with E-state index in [2.05, 4.69) is 5.32 Å². The molecule has 0 radical (unpaired) electrons. The second-order valence-electron chi connectivity index (χ2n) is 3.57. The average Bonchev–Trinajstić information content (AvgIpc) is 2.15. The Hall–Kier alpha value is -1.06. The minimum absolute atomic E-state index is 0.225. The Kier molecular flexibility index (Phi) is 2.70. The molecule has 2 unspecified atom stereocenters. The van der Waals surface area contributed by atoms with E-state index < -0.39 is 6.10 Å². The van der Waals surface area contributed by atoms with Gasteiger partial charge in [0.1, 0.15) is 5.75 Å². The molecule has 3 heteroatoms. The monoisotopic (exact) mass is 193 g/mol. The van der Waals surface area contributed by atoms with Crippen LogP contribution in [-0.2, 0) is 0 Å². The molecule has 0 aromatic heterocycles. The molecule has 0 saturated carbocycles. The first-order valence-electron chi connectivity index (χ1n) is 4.86. The Morgan fingerprint density at radius 3 is 2.50 bits per heavy atom. The van der Waals surface area contributed by atoms with E-state index in [0.29, 0.717) is 0 Å². The normalized spacial score (nSPS) is 22.6. The molecule has 1 aliphatic heterocycles. The summed E-state index contributed by atoms with van der Waals surface area (Å²) in [5.74, 6) is 0.822. The van der Waals surface area contributed by atoms with Gasteiger partial charge in [0, 0.05) is 6.04 Å². The standard InChI is InChI=1S/C11H15NO2/c1-14-9-4-2-8(3-5-9)11(13)10-6-7-12-10/h2-5,10-13H,6-7H2,1H3. The summed E-state index contributed by atoms with van der Waals surface area (Å²) in [6, 6.07) is 7.78. The number of hydrogen-bond acceptors (Lipinski definition) is 3. The highest BCUT2D eigenvalue weighted by Crippen LogP contribution is 2.24. The summed E-state index contributed by atoms with van der Waals surface area (Å²) in [5, 5.41) is 13.1. The quantitative estimate of drug-likeness (QED) is 0.755. The number of rotatable bonds is 3. The third-order valence-electron chi connectivity index (χ3n) is 2.70. The number of methoxy groups -OCH3 is 1. The first-order valence-corrected chi connectivity index (χ1v) is 4.86. The maximum atomic E-state index is 9.90. The molecule has 3 nitrogen and oxygen atoms in total. The second kappa shape index (κ2) is 3.98. The Labute approximate surface area is 83.7 Å². The van der Waals surface area contributed by atoms with E-state index in [-0.39, 0.29) is 6.04 Å². The highest BCUT2D eigenvalue weighted by Gasteiger charge is 2.25. The zero-order valence-electron chi connectivity index (χ0n) is 8.23. The lowest BCUT2D eigenvalue weighted by Crippen LogP contribution is -2.46. The van der Waals surface area contributed by atoms with Crippen molar-refractivity contribution in [2.75, 3.05) is 13.7 Å². The topological polar surface area (TPSA) is 41.5 Å². The van der Waals surface area contributed by atoms with Crippen LogP contribution in [0.25, 0.3) is 0 Å².